The number of alkyl halides is 7. The number of hydrogen-bond donors (Lipinski definition) is 1. The zero-order chi connectivity index (χ0) is 21.3. The van der Waals surface area contributed by atoms with Crippen LogP contribution in [0, 0.1) is 23.3 Å². The largest absolute Gasteiger partial charge is 0.506 e. The van der Waals surface area contributed by atoms with Crippen LogP contribution in [-0.2, 0) is 4.79 Å². The quantitative estimate of drug-likeness (QED) is 0.343. The average Bonchev–Trinajstić information content (AvgIpc) is 2.78. The summed E-state index contributed by atoms with van der Waals surface area (Å²) >= 11 is 0. The fourth-order valence-electron chi connectivity index (χ4n) is 2.23. The third kappa shape index (κ3) is 2.49. The summed E-state index contributed by atoms with van der Waals surface area (Å²) in [6.07, 6.45) is -14.0. The first-order valence-corrected chi connectivity index (χ1v) is 6.21. The van der Waals surface area contributed by atoms with Gasteiger partial charge in [-0.3, -0.25) is 9.59 Å². The third-order valence-electron chi connectivity index (χ3n) is 3.52. The van der Waals surface area contributed by atoms with E-state index in [4.69, 9.17) is 0 Å². The molecule has 1 aromatic rings. The van der Waals surface area contributed by atoms with Crippen LogP contribution in [0.2, 0.25) is 0 Å². The maximum absolute atomic E-state index is 13.7. The first-order chi connectivity index (χ1) is 12.0. The Morgan fingerprint density at radius 2 is 1.07 bits per heavy atom. The molecule has 0 radical (unpaired) electrons. The summed E-state index contributed by atoms with van der Waals surface area (Å²) in [4.78, 5) is 23.3. The highest BCUT2D eigenvalue weighted by atomic mass is 19.4. The van der Waals surface area contributed by atoms with Gasteiger partial charge in [0.1, 0.15) is 11.3 Å². The van der Waals surface area contributed by atoms with Gasteiger partial charge in [0.25, 0.3) is 0 Å². The molecule has 27 heavy (non-hydrogen) atoms. The molecule has 1 N–H and O–H groups in total. The molecule has 0 unspecified atom stereocenters. The zero-order valence-electron chi connectivity index (χ0n) is 11.9. The predicted octanol–water partition coefficient (Wildman–Crippen LogP) is 4.11. The fraction of sp³-hybridized carbons (Fsp3) is 0.231. The second-order valence-corrected chi connectivity index (χ2v) is 5.04. The van der Waals surface area contributed by atoms with E-state index in [9.17, 15) is 63.0 Å². The molecule has 0 spiro atoms. The van der Waals surface area contributed by atoms with Gasteiger partial charge in [-0.1, -0.05) is 0 Å². The molecule has 0 amide bonds. The van der Waals surface area contributed by atoms with Gasteiger partial charge < -0.3 is 5.11 Å². The highest BCUT2D eigenvalue weighted by Crippen LogP contribution is 2.50. The lowest BCUT2D eigenvalue weighted by molar-refractivity contribution is -0.323. The molecule has 0 aromatic heterocycles. The smallest absolute Gasteiger partial charge is 0.439 e. The number of aliphatic hydroxyl groups is 1. The second-order valence-electron chi connectivity index (χ2n) is 5.04. The van der Waals surface area contributed by atoms with Gasteiger partial charge in [-0.2, -0.15) is 26.3 Å². The van der Waals surface area contributed by atoms with E-state index in [1.54, 1.807) is 0 Å². The molecule has 148 valence electrons. The first-order valence-electron chi connectivity index (χ1n) is 6.21. The van der Waals surface area contributed by atoms with Crippen LogP contribution in [0.5, 0.6) is 0 Å². The van der Waals surface area contributed by atoms with Crippen LogP contribution in [0.4, 0.5) is 48.3 Å². The van der Waals surface area contributed by atoms with Crippen molar-refractivity contribution in [1.82, 2.24) is 0 Å². The molecule has 0 fully saturated rings. The van der Waals surface area contributed by atoms with E-state index in [1.807, 2.05) is 0 Å². The van der Waals surface area contributed by atoms with Crippen LogP contribution in [-0.4, -0.2) is 34.7 Å². The Labute approximate surface area is 139 Å². The lowest BCUT2D eigenvalue weighted by atomic mass is 9.91. The van der Waals surface area contributed by atoms with E-state index < -0.39 is 75.3 Å². The van der Waals surface area contributed by atoms with Crippen LogP contribution < -0.4 is 0 Å². The number of fused-ring (bicyclic) bond motifs is 1. The summed E-state index contributed by atoms with van der Waals surface area (Å²) in [5.74, 6) is -19.4. The summed E-state index contributed by atoms with van der Waals surface area (Å²) in [5.41, 5.74) is -13.5. The van der Waals surface area contributed by atoms with E-state index in [0.717, 1.165) is 0 Å². The molecule has 0 bridgehead atoms. The molecule has 14 heteroatoms. The Morgan fingerprint density at radius 3 is 1.44 bits per heavy atom. The van der Waals surface area contributed by atoms with Gasteiger partial charge >= 0.3 is 18.0 Å². The molecule has 1 aliphatic carbocycles. The zero-order valence-corrected chi connectivity index (χ0v) is 11.9. The highest BCUT2D eigenvalue weighted by Gasteiger charge is 2.78. The van der Waals surface area contributed by atoms with E-state index in [0.29, 0.717) is 0 Å². The minimum absolute atomic E-state index is 2.02. The SMILES string of the molecule is O=C1C(C(=O)C(F)(C(F)(F)F)C(F)(F)F)=C(O)c2c(F)c(F)c(F)c(F)c21. The van der Waals surface area contributed by atoms with Crippen molar-refractivity contribution in [3.63, 3.8) is 0 Å². The lowest BCUT2D eigenvalue weighted by Crippen LogP contribution is -2.59. The second kappa shape index (κ2) is 5.66. The number of hydrogen-bond acceptors (Lipinski definition) is 3. The van der Waals surface area contributed by atoms with Gasteiger partial charge in [0, 0.05) is 0 Å². The molecular formula is C13HF11O3. The molecule has 3 nitrogen and oxygen atoms in total. The summed E-state index contributed by atoms with van der Waals surface area (Å²) in [6.45, 7) is 0. The summed E-state index contributed by atoms with van der Waals surface area (Å²) in [7, 11) is 0. The summed E-state index contributed by atoms with van der Waals surface area (Å²) in [6, 6.07) is 0. The number of rotatable bonds is 2. The topological polar surface area (TPSA) is 54.4 Å². The maximum atomic E-state index is 13.7. The van der Waals surface area contributed by atoms with Crippen molar-refractivity contribution in [2.24, 2.45) is 0 Å². The Kier molecular flexibility index (Phi) is 4.33. The third-order valence-corrected chi connectivity index (χ3v) is 3.52. The number of Topliss-reactive ketones (excluding diaryl/α,β-unsaturated/α-hetero) is 2. The predicted molar refractivity (Wildman–Crippen MR) is 61.1 cm³/mol. The number of carbonyl (C=O) groups excluding carboxylic acids is 2. The van der Waals surface area contributed by atoms with Crippen molar-refractivity contribution < 1.29 is 63.0 Å². The normalized spacial score (nSPS) is 15.4. The van der Waals surface area contributed by atoms with Crippen molar-refractivity contribution >= 4 is 17.3 Å². The maximum Gasteiger partial charge on any atom is 0.439 e. The van der Waals surface area contributed by atoms with Crippen LogP contribution >= 0.6 is 0 Å². The standard InChI is InChI=1S/C13HF11O3/c14-4-1-2(5(15)7(17)6(4)16)9(26)3(8(1)25)10(27)11(18,12(19,20)21)13(22,23)24/h25H. The van der Waals surface area contributed by atoms with Gasteiger partial charge in [0.15, 0.2) is 23.3 Å². The number of benzene rings is 1. The Balaban J connectivity index is 2.83. The van der Waals surface area contributed by atoms with Gasteiger partial charge in [-0.15, -0.1) is 0 Å². The number of carbonyl (C=O) groups is 2. The highest BCUT2D eigenvalue weighted by molar-refractivity contribution is 6.36. The Bertz CT molecular complexity index is 894. The van der Waals surface area contributed by atoms with Gasteiger partial charge in [-0.25, -0.2) is 22.0 Å². The average molecular weight is 414 g/mol. The number of allylic oxidation sites excluding steroid dienone is 1. The molecule has 1 aromatic carbocycles. The van der Waals surface area contributed by atoms with Crippen molar-refractivity contribution in [3.05, 3.63) is 40.0 Å². The fourth-order valence-corrected chi connectivity index (χ4v) is 2.23. The van der Waals surface area contributed by atoms with Crippen molar-refractivity contribution in [3.8, 4) is 0 Å². The van der Waals surface area contributed by atoms with E-state index >= 15 is 0 Å². The van der Waals surface area contributed by atoms with E-state index in [-0.39, 0.29) is 0 Å². The lowest BCUT2D eigenvalue weighted by Gasteiger charge is -2.28. The molecular weight excluding hydrogens is 413 g/mol. The monoisotopic (exact) mass is 414 g/mol. The molecule has 0 saturated heterocycles. The van der Waals surface area contributed by atoms with E-state index in [2.05, 4.69) is 0 Å². The van der Waals surface area contributed by atoms with Crippen LogP contribution in [0.25, 0.3) is 5.76 Å². The van der Waals surface area contributed by atoms with E-state index in [1.165, 1.54) is 0 Å². The summed E-state index contributed by atoms with van der Waals surface area (Å²) < 4.78 is 143. The Hall–Kier alpha value is -2.67. The molecule has 0 aliphatic heterocycles. The van der Waals surface area contributed by atoms with Gasteiger partial charge in [0.05, 0.1) is 11.1 Å². The summed E-state index contributed by atoms with van der Waals surface area (Å²) in [5, 5.41) is 9.44. The number of ketones is 2. The number of halogens is 11. The van der Waals surface area contributed by atoms with Gasteiger partial charge in [-0.05, 0) is 0 Å². The molecule has 0 atom stereocenters. The van der Waals surface area contributed by atoms with Crippen LogP contribution in [0.15, 0.2) is 5.57 Å². The molecule has 1 aliphatic rings. The molecule has 0 heterocycles. The van der Waals surface area contributed by atoms with Crippen LogP contribution in [0.1, 0.15) is 15.9 Å². The molecule has 2 rings (SSSR count). The van der Waals surface area contributed by atoms with Crippen LogP contribution in [0.3, 0.4) is 0 Å². The van der Waals surface area contributed by atoms with Crippen molar-refractivity contribution in [1.29, 1.82) is 0 Å². The minimum atomic E-state index is -7.02. The first kappa shape index (κ1) is 20.6. The Morgan fingerprint density at radius 1 is 0.704 bits per heavy atom. The minimum Gasteiger partial charge on any atom is -0.506 e. The van der Waals surface area contributed by atoms with Crippen molar-refractivity contribution in [2.75, 3.05) is 0 Å². The number of aliphatic hydroxyl groups excluding tert-OH is 1. The van der Waals surface area contributed by atoms with Crippen molar-refractivity contribution in [2.45, 2.75) is 18.0 Å². The molecule has 0 saturated carbocycles. The van der Waals surface area contributed by atoms with Gasteiger partial charge in [0.2, 0.25) is 11.6 Å².